The summed E-state index contributed by atoms with van der Waals surface area (Å²) < 4.78 is 0. The molecule has 2 aliphatic heterocycles. The summed E-state index contributed by atoms with van der Waals surface area (Å²) in [6, 6.07) is 5.04. The van der Waals surface area contributed by atoms with Crippen LogP contribution in [0.4, 0.5) is 10.5 Å². The molecule has 0 bridgehead atoms. The van der Waals surface area contributed by atoms with Crippen molar-refractivity contribution in [2.24, 2.45) is 0 Å². The van der Waals surface area contributed by atoms with Gasteiger partial charge in [0, 0.05) is 21.1 Å². The fourth-order valence-corrected chi connectivity index (χ4v) is 3.01. The number of carbonyl (C=O) groups is 2. The van der Waals surface area contributed by atoms with Gasteiger partial charge in [-0.3, -0.25) is 0 Å². The molecule has 6 heteroatoms. The highest BCUT2D eigenvalue weighted by atomic mass is 16.4. The molecule has 6 nitrogen and oxygen atoms in total. The highest BCUT2D eigenvalue weighted by Crippen LogP contribution is 2.28. The van der Waals surface area contributed by atoms with Crippen LogP contribution < -0.4 is 5.32 Å². The number of hydrogen-bond acceptors (Lipinski definition) is 3. The Bertz CT molecular complexity index is 589. The Morgan fingerprint density at radius 2 is 2.10 bits per heavy atom. The summed E-state index contributed by atoms with van der Waals surface area (Å²) in [6.07, 6.45) is 1.96. The Morgan fingerprint density at radius 3 is 2.76 bits per heavy atom. The first-order valence-electron chi connectivity index (χ1n) is 7.17. The van der Waals surface area contributed by atoms with Crippen molar-refractivity contribution < 1.29 is 17.5 Å². The van der Waals surface area contributed by atoms with Crippen molar-refractivity contribution in [3.63, 3.8) is 0 Å². The van der Waals surface area contributed by atoms with Crippen molar-refractivity contribution in [3.8, 4) is 0 Å². The third-order valence-electron chi connectivity index (χ3n) is 4.33. The minimum Gasteiger partial charge on any atom is -0.478 e. The molecule has 0 spiro atoms. The minimum atomic E-state index is -0.982. The number of carboxylic acid groups (broad SMARTS) is 1. The van der Waals surface area contributed by atoms with E-state index < -0.39 is 5.97 Å². The summed E-state index contributed by atoms with van der Waals surface area (Å²) in [4.78, 5) is 27.4. The Hall–Kier alpha value is -2.08. The Morgan fingerprint density at radius 1 is 1.38 bits per heavy atom. The molecule has 2 heterocycles. The quantitative estimate of drug-likeness (QED) is 0.877. The summed E-state index contributed by atoms with van der Waals surface area (Å²) in [7, 11) is 2.09. The maximum absolute atomic E-state index is 12.3. The molecule has 1 fully saturated rings. The van der Waals surface area contributed by atoms with Crippen LogP contribution in [-0.4, -0.2) is 53.1 Å². The maximum Gasteiger partial charge on any atom is 0.335 e. The predicted octanol–water partition coefficient (Wildman–Crippen LogP) is 2.32. The van der Waals surface area contributed by atoms with E-state index in [4.69, 9.17) is 5.11 Å². The zero-order valence-corrected chi connectivity index (χ0v) is 12.0. The van der Waals surface area contributed by atoms with Crippen LogP contribution in [0.3, 0.4) is 0 Å². The molecule has 1 saturated heterocycles. The predicted molar refractivity (Wildman–Crippen MR) is 82.7 cm³/mol. The lowest BCUT2D eigenvalue weighted by atomic mass is 10.0. The number of likely N-dealkylation sites (tertiary alicyclic amines) is 1. The van der Waals surface area contributed by atoms with Crippen LogP contribution in [0.5, 0.6) is 0 Å². The van der Waals surface area contributed by atoms with Gasteiger partial charge in [0.2, 0.25) is 0 Å². The van der Waals surface area contributed by atoms with Gasteiger partial charge in [-0.25, -0.2) is 9.59 Å². The molecular weight excluding hydrogens is 270 g/mol. The van der Waals surface area contributed by atoms with E-state index in [1.165, 1.54) is 6.07 Å². The summed E-state index contributed by atoms with van der Waals surface area (Å²) in [6.45, 7) is 2.55. The molecular formula is C15H23N3O3. The SMILES string of the molecule is CN1CCC(N2Cc3ccc(C(=O)O)cc3NC2=O)CC1.[HH].[HH]. The third kappa shape index (κ3) is 2.71. The van der Waals surface area contributed by atoms with E-state index >= 15 is 0 Å². The first kappa shape index (κ1) is 13.9. The van der Waals surface area contributed by atoms with E-state index in [2.05, 4.69) is 17.3 Å². The topological polar surface area (TPSA) is 72.9 Å². The largest absolute Gasteiger partial charge is 0.478 e. The highest BCUT2D eigenvalue weighted by molar-refractivity contribution is 5.95. The standard InChI is InChI=1S/C15H19N3O3.2H2/c1-17-6-4-12(5-7-17)18-9-11-3-2-10(14(19)20)8-13(11)16-15(18)21;;/h2-3,8,12H,4-7,9H2,1H3,(H,16,21)(H,19,20);2*1H. The van der Waals surface area contributed by atoms with Gasteiger partial charge >= 0.3 is 12.0 Å². The van der Waals surface area contributed by atoms with Gasteiger partial charge in [0.05, 0.1) is 5.56 Å². The zero-order valence-electron chi connectivity index (χ0n) is 12.0. The van der Waals surface area contributed by atoms with Gasteiger partial charge in [-0.15, -0.1) is 0 Å². The Balaban J connectivity index is 0.00000132. The number of rotatable bonds is 2. The van der Waals surface area contributed by atoms with E-state index in [0.717, 1.165) is 31.5 Å². The van der Waals surface area contributed by atoms with Crippen molar-refractivity contribution in [2.45, 2.75) is 25.4 Å². The average molecular weight is 293 g/mol. The van der Waals surface area contributed by atoms with Crippen LogP contribution in [0.15, 0.2) is 18.2 Å². The van der Waals surface area contributed by atoms with Gasteiger partial charge in [0.1, 0.15) is 0 Å². The number of nitrogens with one attached hydrogen (secondary N) is 1. The lowest BCUT2D eigenvalue weighted by molar-refractivity contribution is 0.0696. The fraction of sp³-hybridized carbons (Fsp3) is 0.467. The van der Waals surface area contributed by atoms with Crippen molar-refractivity contribution in [3.05, 3.63) is 29.3 Å². The second-order valence-corrected chi connectivity index (χ2v) is 5.77. The summed E-state index contributed by atoms with van der Waals surface area (Å²) in [5, 5.41) is 11.8. The second kappa shape index (κ2) is 5.37. The van der Waals surface area contributed by atoms with E-state index in [1.54, 1.807) is 12.1 Å². The van der Waals surface area contributed by atoms with Crippen molar-refractivity contribution in [1.29, 1.82) is 0 Å². The number of carbonyl (C=O) groups excluding carboxylic acids is 1. The van der Waals surface area contributed by atoms with Crippen LogP contribution in [0.2, 0.25) is 0 Å². The number of piperidine rings is 1. The number of fused-ring (bicyclic) bond motifs is 1. The molecule has 0 aromatic heterocycles. The van der Waals surface area contributed by atoms with Crippen molar-refractivity contribution >= 4 is 17.7 Å². The molecule has 3 rings (SSSR count). The Kier molecular flexibility index (Phi) is 3.55. The summed E-state index contributed by atoms with van der Waals surface area (Å²) in [5.74, 6) is -0.982. The molecule has 116 valence electrons. The smallest absolute Gasteiger partial charge is 0.335 e. The average Bonchev–Trinajstić information content (AvgIpc) is 2.47. The molecule has 0 saturated carbocycles. The van der Waals surface area contributed by atoms with Gasteiger partial charge in [0.15, 0.2) is 0 Å². The number of hydrogen-bond donors (Lipinski definition) is 2. The Labute approximate surface area is 126 Å². The number of carboxylic acids is 1. The first-order chi connectivity index (χ1) is 10.0. The van der Waals surface area contributed by atoms with Crippen LogP contribution in [0, 0.1) is 0 Å². The number of amides is 2. The summed E-state index contributed by atoms with van der Waals surface area (Å²) in [5.41, 5.74) is 1.78. The van der Waals surface area contributed by atoms with E-state index in [1.807, 2.05) is 4.90 Å². The first-order valence-corrected chi connectivity index (χ1v) is 7.17. The molecule has 2 amide bonds. The number of aromatic carboxylic acids is 1. The zero-order chi connectivity index (χ0) is 15.0. The molecule has 2 N–H and O–H groups in total. The van der Waals surface area contributed by atoms with Gasteiger partial charge in [-0.2, -0.15) is 0 Å². The normalized spacial score (nSPS) is 20.0. The van der Waals surface area contributed by atoms with Crippen LogP contribution in [0.25, 0.3) is 0 Å². The molecule has 2 aliphatic rings. The van der Waals surface area contributed by atoms with Gasteiger partial charge in [-0.1, -0.05) is 6.07 Å². The fourth-order valence-electron chi connectivity index (χ4n) is 3.01. The number of anilines is 1. The molecule has 0 aliphatic carbocycles. The molecule has 1 aromatic carbocycles. The van der Waals surface area contributed by atoms with Crippen LogP contribution >= 0.6 is 0 Å². The minimum absolute atomic E-state index is 0. The summed E-state index contributed by atoms with van der Waals surface area (Å²) >= 11 is 0. The van der Waals surface area contributed by atoms with Crippen LogP contribution in [-0.2, 0) is 6.54 Å². The van der Waals surface area contributed by atoms with Gasteiger partial charge < -0.3 is 20.2 Å². The molecule has 21 heavy (non-hydrogen) atoms. The molecule has 0 radical (unpaired) electrons. The molecule has 1 aromatic rings. The maximum atomic E-state index is 12.3. The third-order valence-corrected chi connectivity index (χ3v) is 4.33. The van der Waals surface area contributed by atoms with Crippen molar-refractivity contribution in [2.75, 3.05) is 25.5 Å². The highest BCUT2D eigenvalue weighted by Gasteiger charge is 2.31. The van der Waals surface area contributed by atoms with E-state index in [0.29, 0.717) is 12.2 Å². The monoisotopic (exact) mass is 293 g/mol. The van der Waals surface area contributed by atoms with E-state index in [-0.39, 0.29) is 20.5 Å². The van der Waals surface area contributed by atoms with Crippen molar-refractivity contribution in [1.82, 2.24) is 9.80 Å². The lowest BCUT2D eigenvalue weighted by Gasteiger charge is -2.39. The number of nitrogens with zero attached hydrogens (tertiary/aromatic N) is 2. The second-order valence-electron chi connectivity index (χ2n) is 5.77. The van der Waals surface area contributed by atoms with Gasteiger partial charge in [0.25, 0.3) is 0 Å². The molecule has 0 unspecified atom stereocenters. The number of benzene rings is 1. The van der Waals surface area contributed by atoms with Gasteiger partial charge in [-0.05, 0) is 50.7 Å². The molecule has 0 atom stereocenters. The van der Waals surface area contributed by atoms with Crippen LogP contribution in [0.1, 0.15) is 31.6 Å². The van der Waals surface area contributed by atoms with E-state index in [9.17, 15) is 9.59 Å². The number of urea groups is 1. The lowest BCUT2D eigenvalue weighted by Crippen LogP contribution is -2.49.